The van der Waals surface area contributed by atoms with Gasteiger partial charge in [-0.05, 0) is 39.0 Å². The highest BCUT2D eigenvalue weighted by molar-refractivity contribution is 5.91. The van der Waals surface area contributed by atoms with Crippen LogP contribution in [-0.2, 0) is 0 Å². The highest BCUT2D eigenvalue weighted by Crippen LogP contribution is 2.40. The summed E-state index contributed by atoms with van der Waals surface area (Å²) < 4.78 is 20.4. The molecule has 12 nitrogen and oxygen atoms in total. The number of aliphatic hydroxyl groups is 1. The van der Waals surface area contributed by atoms with Gasteiger partial charge >= 0.3 is 0 Å². The van der Waals surface area contributed by atoms with E-state index in [2.05, 4.69) is 19.9 Å². The summed E-state index contributed by atoms with van der Waals surface area (Å²) in [6, 6.07) is 4.09. The molecule has 2 aliphatic rings. The van der Waals surface area contributed by atoms with Crippen LogP contribution in [0.15, 0.2) is 24.7 Å². The molecule has 0 amide bonds. The zero-order valence-electron chi connectivity index (χ0n) is 22.7. The number of methoxy groups -OCH3 is 3. The predicted octanol–water partition coefficient (Wildman–Crippen LogP) is 3.78. The third-order valence-corrected chi connectivity index (χ3v) is 7.76. The molecule has 2 N–H and O–H groups in total. The van der Waals surface area contributed by atoms with Gasteiger partial charge in [-0.2, -0.15) is 15.1 Å². The zero-order chi connectivity index (χ0) is 27.1. The van der Waals surface area contributed by atoms with Crippen molar-refractivity contribution >= 4 is 28.6 Å². The molecule has 2 fully saturated rings. The molecule has 0 bridgehead atoms. The van der Waals surface area contributed by atoms with Crippen molar-refractivity contribution in [2.24, 2.45) is 0 Å². The van der Waals surface area contributed by atoms with Gasteiger partial charge in [0.15, 0.2) is 23.0 Å². The van der Waals surface area contributed by atoms with Crippen LogP contribution in [0.3, 0.4) is 0 Å². The fourth-order valence-corrected chi connectivity index (χ4v) is 5.50. The average molecular weight is 535 g/mol. The number of rotatable bonds is 9. The molecule has 1 aliphatic carbocycles. The molecule has 6 rings (SSSR count). The third-order valence-electron chi connectivity index (χ3n) is 7.76. The molecule has 39 heavy (non-hydrogen) atoms. The first-order valence-corrected chi connectivity index (χ1v) is 13.3. The highest BCUT2D eigenvalue weighted by atomic mass is 16.5. The molecule has 4 aromatic rings. The number of benzene rings is 1. The van der Waals surface area contributed by atoms with Crippen LogP contribution in [0, 0.1) is 6.92 Å². The Bertz CT molecular complexity index is 1470. The van der Waals surface area contributed by atoms with Crippen LogP contribution in [0.5, 0.6) is 17.2 Å². The lowest BCUT2D eigenvalue weighted by Gasteiger charge is -2.27. The number of nitrogens with one attached hydrogen (secondary N) is 1. The molecule has 4 heterocycles. The van der Waals surface area contributed by atoms with Gasteiger partial charge in [0.2, 0.25) is 11.7 Å². The maximum absolute atomic E-state index is 10.0. The number of hydrogen-bond donors (Lipinski definition) is 2. The Labute approximate surface area is 226 Å². The number of anilines is 3. The molecule has 0 spiro atoms. The van der Waals surface area contributed by atoms with Crippen molar-refractivity contribution in [2.75, 3.05) is 44.7 Å². The Hall–Kier alpha value is -4.06. The van der Waals surface area contributed by atoms with Gasteiger partial charge < -0.3 is 34.1 Å². The van der Waals surface area contributed by atoms with E-state index in [1.807, 2.05) is 29.8 Å². The number of nitrogens with zero attached hydrogens (tertiary/aromatic N) is 7. The SMILES string of the molecule is COc1cc(-n2cnc(Nc3nc(N4CCC[C@@H]4CO)c4c(C)nn(C5CCC5)c4n3)c2)cc(OC)c1OC. The Kier molecular flexibility index (Phi) is 6.63. The predicted molar refractivity (Wildman–Crippen MR) is 147 cm³/mol. The van der Waals surface area contributed by atoms with Crippen LogP contribution in [0.2, 0.25) is 0 Å². The number of ether oxygens (including phenoxy) is 3. The van der Waals surface area contributed by atoms with Crippen molar-refractivity contribution < 1.29 is 19.3 Å². The largest absolute Gasteiger partial charge is 0.493 e. The molecule has 0 unspecified atom stereocenters. The summed E-state index contributed by atoms with van der Waals surface area (Å²) >= 11 is 0. The molecule has 3 aromatic heterocycles. The smallest absolute Gasteiger partial charge is 0.232 e. The lowest BCUT2D eigenvalue weighted by atomic mass is 9.93. The first kappa shape index (κ1) is 25.2. The second-order valence-corrected chi connectivity index (χ2v) is 10.0. The summed E-state index contributed by atoms with van der Waals surface area (Å²) in [6.45, 7) is 2.93. The molecule has 12 heteroatoms. The quantitative estimate of drug-likeness (QED) is 0.328. The highest BCUT2D eigenvalue weighted by Gasteiger charge is 2.31. The molecule has 0 radical (unpaired) electrons. The van der Waals surface area contributed by atoms with E-state index in [0.29, 0.717) is 35.1 Å². The van der Waals surface area contributed by atoms with Gasteiger partial charge in [-0.1, -0.05) is 0 Å². The van der Waals surface area contributed by atoms with Gasteiger partial charge in [-0.25, -0.2) is 9.67 Å². The van der Waals surface area contributed by atoms with Crippen LogP contribution in [0.25, 0.3) is 16.7 Å². The van der Waals surface area contributed by atoms with E-state index in [-0.39, 0.29) is 12.6 Å². The molecule has 1 aliphatic heterocycles. The van der Waals surface area contributed by atoms with Crippen LogP contribution in [0.1, 0.15) is 43.8 Å². The van der Waals surface area contributed by atoms with Crippen molar-refractivity contribution in [1.82, 2.24) is 29.3 Å². The minimum atomic E-state index is 0.0293. The molecule has 1 atom stereocenters. The Balaban J connectivity index is 1.38. The number of aryl methyl sites for hydroxylation is 1. The molecule has 1 saturated heterocycles. The first-order valence-electron chi connectivity index (χ1n) is 13.3. The Morgan fingerprint density at radius 3 is 2.44 bits per heavy atom. The van der Waals surface area contributed by atoms with E-state index >= 15 is 0 Å². The van der Waals surface area contributed by atoms with Gasteiger partial charge in [-0.3, -0.25) is 0 Å². The summed E-state index contributed by atoms with van der Waals surface area (Å²) in [6.07, 6.45) is 8.89. The Morgan fingerprint density at radius 2 is 1.79 bits per heavy atom. The van der Waals surface area contributed by atoms with E-state index in [1.54, 1.807) is 27.7 Å². The monoisotopic (exact) mass is 534 g/mol. The lowest BCUT2D eigenvalue weighted by Crippen LogP contribution is -2.33. The third kappa shape index (κ3) is 4.38. The van der Waals surface area contributed by atoms with E-state index < -0.39 is 0 Å². The summed E-state index contributed by atoms with van der Waals surface area (Å²) in [7, 11) is 4.75. The van der Waals surface area contributed by atoms with Crippen molar-refractivity contribution in [1.29, 1.82) is 0 Å². The molecule has 1 saturated carbocycles. The minimum absolute atomic E-state index is 0.0293. The second-order valence-electron chi connectivity index (χ2n) is 10.0. The minimum Gasteiger partial charge on any atom is -0.493 e. The lowest BCUT2D eigenvalue weighted by molar-refractivity contribution is 0.266. The standard InChI is InChI=1S/C27H34N8O4/c1-16-23-25(34-10-6-9-18(34)14-36)30-27(31-26(23)35(32-16)17-7-5-8-17)29-22-13-33(15-28-22)19-11-20(37-2)24(39-4)21(12-19)38-3/h11-13,15,17-18,36H,5-10,14H2,1-4H3,(H,29,30,31)/t18-/m1/s1. The maximum Gasteiger partial charge on any atom is 0.232 e. The van der Waals surface area contributed by atoms with Crippen molar-refractivity contribution in [2.45, 2.75) is 51.1 Å². The molecular formula is C27H34N8O4. The van der Waals surface area contributed by atoms with E-state index in [4.69, 9.17) is 29.3 Å². The summed E-state index contributed by atoms with van der Waals surface area (Å²) in [4.78, 5) is 16.6. The molecule has 206 valence electrons. The summed E-state index contributed by atoms with van der Waals surface area (Å²) in [5.41, 5.74) is 2.52. The van der Waals surface area contributed by atoms with Gasteiger partial charge in [0.05, 0.1) is 63.0 Å². The van der Waals surface area contributed by atoms with Crippen molar-refractivity contribution in [3.05, 3.63) is 30.4 Å². The van der Waals surface area contributed by atoms with Gasteiger partial charge in [0, 0.05) is 18.7 Å². The number of aliphatic hydroxyl groups excluding tert-OH is 1. The fourth-order valence-electron chi connectivity index (χ4n) is 5.50. The topological polar surface area (TPSA) is 125 Å². The molecular weight excluding hydrogens is 500 g/mol. The van der Waals surface area contributed by atoms with Crippen molar-refractivity contribution in [3.8, 4) is 22.9 Å². The average Bonchev–Trinajstić information content (AvgIpc) is 3.66. The Morgan fingerprint density at radius 1 is 1.03 bits per heavy atom. The summed E-state index contributed by atoms with van der Waals surface area (Å²) in [5, 5.41) is 19.2. The van der Waals surface area contributed by atoms with Gasteiger partial charge in [-0.15, -0.1) is 0 Å². The van der Waals surface area contributed by atoms with E-state index in [0.717, 1.165) is 60.5 Å². The normalized spacial score (nSPS) is 17.5. The fraction of sp³-hybridized carbons (Fsp3) is 0.481. The van der Waals surface area contributed by atoms with Gasteiger partial charge in [0.25, 0.3) is 0 Å². The summed E-state index contributed by atoms with van der Waals surface area (Å²) in [5.74, 6) is 3.47. The number of fused-ring (bicyclic) bond motifs is 1. The van der Waals surface area contributed by atoms with Crippen LogP contribution in [0.4, 0.5) is 17.6 Å². The van der Waals surface area contributed by atoms with E-state index in [9.17, 15) is 5.11 Å². The van der Waals surface area contributed by atoms with Crippen LogP contribution < -0.4 is 24.4 Å². The zero-order valence-corrected chi connectivity index (χ0v) is 22.7. The van der Waals surface area contributed by atoms with Crippen molar-refractivity contribution in [3.63, 3.8) is 0 Å². The first-order chi connectivity index (χ1) is 19.0. The molecule has 1 aromatic carbocycles. The second kappa shape index (κ2) is 10.3. The number of hydrogen-bond acceptors (Lipinski definition) is 10. The van der Waals surface area contributed by atoms with Crippen LogP contribution >= 0.6 is 0 Å². The number of aromatic nitrogens is 6. The van der Waals surface area contributed by atoms with Gasteiger partial charge in [0.1, 0.15) is 12.1 Å². The van der Waals surface area contributed by atoms with Crippen LogP contribution in [-0.4, -0.2) is 74.9 Å². The van der Waals surface area contributed by atoms with E-state index in [1.165, 1.54) is 6.42 Å². The number of imidazole rings is 1. The maximum atomic E-state index is 10.0.